The van der Waals surface area contributed by atoms with Gasteiger partial charge in [-0.2, -0.15) is 0 Å². The second kappa shape index (κ2) is 13.9. The summed E-state index contributed by atoms with van der Waals surface area (Å²) < 4.78 is 2.43. The van der Waals surface area contributed by atoms with E-state index in [4.69, 9.17) is 9.98 Å². The highest BCUT2D eigenvalue weighted by atomic mass is 15.2. The number of amidine groups is 1. The van der Waals surface area contributed by atoms with E-state index < -0.39 is 0 Å². The third kappa shape index (κ3) is 5.66. The van der Waals surface area contributed by atoms with Gasteiger partial charge in [0.25, 0.3) is 0 Å². The number of hydrogen-bond donors (Lipinski definition) is 0. The Hall–Kier alpha value is -7.30. The van der Waals surface area contributed by atoms with E-state index in [1.54, 1.807) is 0 Å². The summed E-state index contributed by atoms with van der Waals surface area (Å²) in [7, 11) is 0. The smallest absolute Gasteiger partial charge is 0.155 e. The lowest BCUT2D eigenvalue weighted by atomic mass is 9.73. The number of benzene rings is 7. The maximum atomic E-state index is 5.32. The van der Waals surface area contributed by atoms with Gasteiger partial charge in [0.1, 0.15) is 0 Å². The van der Waals surface area contributed by atoms with Gasteiger partial charge in [-0.15, -0.1) is 0 Å². The molecule has 12 rings (SSSR count). The van der Waals surface area contributed by atoms with Crippen LogP contribution in [0.3, 0.4) is 0 Å². The van der Waals surface area contributed by atoms with E-state index in [1.165, 1.54) is 71.8 Å². The van der Waals surface area contributed by atoms with Crippen molar-refractivity contribution in [2.75, 3.05) is 4.90 Å². The monoisotopic (exact) mass is 784 g/mol. The van der Waals surface area contributed by atoms with Crippen LogP contribution < -0.4 is 4.90 Å². The number of aliphatic imine (C=N–C) groups is 2. The van der Waals surface area contributed by atoms with Crippen LogP contribution in [0.15, 0.2) is 210 Å². The maximum absolute atomic E-state index is 5.32. The first-order valence-corrected chi connectivity index (χ1v) is 21.6. The predicted molar refractivity (Wildman–Crippen MR) is 257 cm³/mol. The molecule has 3 heterocycles. The fraction of sp³-hybridized carbons (Fsp3) is 0.123. The third-order valence-electron chi connectivity index (χ3n) is 13.3. The van der Waals surface area contributed by atoms with Crippen LogP contribution in [0.1, 0.15) is 43.4 Å². The number of nitrogens with zero attached hydrogens (tertiary/aromatic N) is 4. The molecule has 292 valence electrons. The van der Waals surface area contributed by atoms with E-state index in [0.717, 1.165) is 41.3 Å². The lowest BCUT2D eigenvalue weighted by Crippen LogP contribution is -2.32. The molecule has 4 heteroatoms. The minimum absolute atomic E-state index is 0.0228. The number of allylic oxidation sites excluding steroid dienone is 6. The largest absolute Gasteiger partial charge is 0.310 e. The molecule has 2 unspecified atom stereocenters. The SMILES string of the molecule is CC1(C)c2ccccc2N(c2ccccc2)c2cc(-c3ccc4c(c3)c3c5ccccc5ccc3n4-c3cccc(C4=NC5C=CC=CC5C(C5=CCCC=C5)=N4)c3)ccc21. The van der Waals surface area contributed by atoms with Crippen LogP contribution in [0, 0.1) is 5.92 Å². The van der Waals surface area contributed by atoms with Crippen molar-refractivity contribution < 1.29 is 0 Å². The summed E-state index contributed by atoms with van der Waals surface area (Å²) in [5.41, 5.74) is 15.3. The fourth-order valence-corrected chi connectivity index (χ4v) is 10.3. The maximum Gasteiger partial charge on any atom is 0.155 e. The molecule has 0 N–H and O–H groups in total. The number of para-hydroxylation sites is 2. The van der Waals surface area contributed by atoms with Gasteiger partial charge in [-0.3, -0.25) is 4.99 Å². The van der Waals surface area contributed by atoms with Gasteiger partial charge in [-0.25, -0.2) is 4.99 Å². The summed E-state index contributed by atoms with van der Waals surface area (Å²) in [6.45, 7) is 4.71. The summed E-state index contributed by atoms with van der Waals surface area (Å²) >= 11 is 0. The van der Waals surface area contributed by atoms with Crippen LogP contribution in [-0.2, 0) is 5.41 Å². The number of aromatic nitrogens is 1. The summed E-state index contributed by atoms with van der Waals surface area (Å²) in [4.78, 5) is 13.0. The van der Waals surface area contributed by atoms with Crippen molar-refractivity contribution in [2.24, 2.45) is 15.9 Å². The normalized spacial score (nSPS) is 18.7. The Bertz CT molecular complexity index is 3300. The molecule has 2 atom stereocenters. The van der Waals surface area contributed by atoms with Crippen LogP contribution in [0.5, 0.6) is 0 Å². The molecule has 0 fully saturated rings. The molecule has 0 radical (unpaired) electrons. The minimum atomic E-state index is -0.160. The molecule has 0 amide bonds. The van der Waals surface area contributed by atoms with Crippen LogP contribution in [0.4, 0.5) is 17.1 Å². The molecular formula is C57H44N4. The second-order valence-corrected chi connectivity index (χ2v) is 17.2. The average Bonchev–Trinajstić information content (AvgIpc) is 3.66. The fourth-order valence-electron chi connectivity index (χ4n) is 10.3. The van der Waals surface area contributed by atoms with Gasteiger partial charge >= 0.3 is 0 Å². The van der Waals surface area contributed by atoms with Crippen molar-refractivity contribution in [3.05, 3.63) is 216 Å². The topological polar surface area (TPSA) is 32.9 Å². The standard InChI is InChI=1S/C57H44N4/c1-57(2)47-25-12-14-27-51(47)60(42-20-7-4-8-21-42)53-36-40(28-31-48(53)57)39-30-32-50-46(35-39)54-44-23-10-9-16-37(44)29-33-52(54)61(50)43-22-15-19-41(34-43)56-58-49-26-13-11-24-45(49)55(59-56)38-17-5-3-6-18-38/h4-5,7-36,45,49H,3,6H2,1-2H3. The van der Waals surface area contributed by atoms with E-state index in [0.29, 0.717) is 0 Å². The summed E-state index contributed by atoms with van der Waals surface area (Å²) in [6.07, 6.45) is 17.7. The zero-order valence-electron chi connectivity index (χ0n) is 34.3. The van der Waals surface area contributed by atoms with Crippen LogP contribution in [0.2, 0.25) is 0 Å². The number of anilines is 3. The molecule has 61 heavy (non-hydrogen) atoms. The van der Waals surface area contributed by atoms with Crippen molar-refractivity contribution in [1.29, 1.82) is 0 Å². The highest BCUT2D eigenvalue weighted by Crippen LogP contribution is 2.53. The average molecular weight is 785 g/mol. The van der Waals surface area contributed by atoms with Gasteiger partial charge in [0.05, 0.1) is 34.2 Å². The van der Waals surface area contributed by atoms with Crippen molar-refractivity contribution in [1.82, 2.24) is 4.57 Å². The van der Waals surface area contributed by atoms with Crippen molar-refractivity contribution in [3.63, 3.8) is 0 Å². The van der Waals surface area contributed by atoms with Crippen molar-refractivity contribution in [2.45, 2.75) is 38.1 Å². The van der Waals surface area contributed by atoms with E-state index in [1.807, 2.05) is 0 Å². The summed E-state index contributed by atoms with van der Waals surface area (Å²) in [5, 5.41) is 4.97. The van der Waals surface area contributed by atoms with E-state index in [2.05, 4.69) is 218 Å². The molecule has 4 nitrogen and oxygen atoms in total. The molecule has 0 saturated heterocycles. The Labute approximate surface area is 356 Å². The summed E-state index contributed by atoms with van der Waals surface area (Å²) in [6, 6.07) is 55.9. The molecule has 2 aliphatic heterocycles. The Balaban J connectivity index is 1.02. The number of rotatable bonds is 5. The van der Waals surface area contributed by atoms with Crippen LogP contribution in [-0.4, -0.2) is 22.2 Å². The highest BCUT2D eigenvalue weighted by Gasteiger charge is 2.37. The van der Waals surface area contributed by atoms with Crippen LogP contribution >= 0.6 is 0 Å². The van der Waals surface area contributed by atoms with Crippen molar-refractivity contribution in [3.8, 4) is 16.8 Å². The molecule has 0 spiro atoms. The Morgan fingerprint density at radius 1 is 0.590 bits per heavy atom. The third-order valence-corrected chi connectivity index (χ3v) is 13.3. The first-order valence-electron chi connectivity index (χ1n) is 21.6. The van der Waals surface area contributed by atoms with Gasteiger partial charge in [0.15, 0.2) is 5.84 Å². The van der Waals surface area contributed by atoms with Gasteiger partial charge in [0, 0.05) is 39.0 Å². The Kier molecular flexibility index (Phi) is 8.11. The molecule has 4 aliphatic rings. The van der Waals surface area contributed by atoms with Gasteiger partial charge in [0.2, 0.25) is 0 Å². The van der Waals surface area contributed by atoms with Gasteiger partial charge < -0.3 is 9.47 Å². The van der Waals surface area contributed by atoms with E-state index in [-0.39, 0.29) is 17.4 Å². The van der Waals surface area contributed by atoms with E-state index >= 15 is 0 Å². The molecule has 1 aromatic heterocycles. The highest BCUT2D eigenvalue weighted by molar-refractivity contribution is 6.22. The van der Waals surface area contributed by atoms with Crippen LogP contribution in [0.25, 0.3) is 49.4 Å². The molecule has 0 saturated carbocycles. The van der Waals surface area contributed by atoms with Crippen molar-refractivity contribution >= 4 is 61.2 Å². The molecular weight excluding hydrogens is 741 g/mol. The molecule has 0 bridgehead atoms. The van der Waals surface area contributed by atoms with Gasteiger partial charge in [-0.1, -0.05) is 153 Å². The predicted octanol–water partition coefficient (Wildman–Crippen LogP) is 14.3. The molecule has 8 aromatic rings. The van der Waals surface area contributed by atoms with E-state index in [9.17, 15) is 0 Å². The number of hydrogen-bond acceptors (Lipinski definition) is 3. The quantitative estimate of drug-likeness (QED) is 0.171. The zero-order valence-corrected chi connectivity index (χ0v) is 34.3. The zero-order chi connectivity index (χ0) is 40.7. The lowest BCUT2D eigenvalue weighted by molar-refractivity contribution is 0.632. The molecule has 2 aliphatic carbocycles. The first kappa shape index (κ1) is 35.6. The second-order valence-electron chi connectivity index (χ2n) is 17.2. The minimum Gasteiger partial charge on any atom is -0.310 e. The lowest BCUT2D eigenvalue weighted by Gasteiger charge is -2.42. The van der Waals surface area contributed by atoms with Gasteiger partial charge in [-0.05, 0) is 106 Å². The Morgan fingerprint density at radius 2 is 1.36 bits per heavy atom. The first-order chi connectivity index (χ1) is 30.0. The summed E-state index contributed by atoms with van der Waals surface area (Å²) in [5.74, 6) is 0.929. The Morgan fingerprint density at radius 3 is 2.26 bits per heavy atom. The molecule has 7 aromatic carbocycles. The number of fused-ring (bicyclic) bond motifs is 8.